The maximum absolute atomic E-state index is 15.9. The molecular formula is C39H25ClN2O5. The van der Waals surface area contributed by atoms with Crippen LogP contribution in [0, 0.1) is 22.0 Å². The van der Waals surface area contributed by atoms with Crippen molar-refractivity contribution < 1.29 is 19.3 Å². The van der Waals surface area contributed by atoms with Gasteiger partial charge in [0.15, 0.2) is 5.78 Å². The highest BCUT2D eigenvalue weighted by Crippen LogP contribution is 2.74. The Kier molecular flexibility index (Phi) is 6.39. The summed E-state index contributed by atoms with van der Waals surface area (Å²) in [6.45, 7) is 0. The van der Waals surface area contributed by atoms with E-state index in [2.05, 4.69) is 0 Å². The number of ketones is 1. The number of nitrogens with zero attached hydrogens (tertiary/aromatic N) is 2. The molecule has 2 fully saturated rings. The van der Waals surface area contributed by atoms with Gasteiger partial charge in [0.2, 0.25) is 11.8 Å². The highest BCUT2D eigenvalue weighted by molar-refractivity contribution is 6.41. The van der Waals surface area contributed by atoms with Crippen LogP contribution in [0.4, 0.5) is 11.4 Å². The average molecular weight is 637 g/mol. The monoisotopic (exact) mass is 636 g/mol. The Morgan fingerprint density at radius 3 is 1.40 bits per heavy atom. The van der Waals surface area contributed by atoms with Crippen molar-refractivity contribution in [1.29, 1.82) is 0 Å². The van der Waals surface area contributed by atoms with E-state index in [0.29, 0.717) is 22.3 Å². The number of hydrogen-bond donors (Lipinski definition) is 0. The zero-order valence-electron chi connectivity index (χ0n) is 24.7. The highest BCUT2D eigenvalue weighted by atomic mass is 35.5. The average Bonchev–Trinajstić information content (AvgIpc) is 3.62. The zero-order chi connectivity index (χ0) is 32.5. The van der Waals surface area contributed by atoms with Crippen LogP contribution in [0.15, 0.2) is 140 Å². The number of amides is 2. The van der Waals surface area contributed by atoms with Crippen molar-refractivity contribution in [3.05, 3.63) is 177 Å². The molecule has 47 heavy (non-hydrogen) atoms. The predicted octanol–water partition coefficient (Wildman–Crippen LogP) is 7.44. The van der Waals surface area contributed by atoms with Crippen LogP contribution in [0.2, 0.25) is 5.02 Å². The number of allylic oxidation sites excluding steroid dienone is 2. The summed E-state index contributed by atoms with van der Waals surface area (Å²) in [6.07, 6.45) is 0. The number of rotatable bonds is 6. The molecule has 1 heterocycles. The van der Waals surface area contributed by atoms with E-state index in [1.165, 1.54) is 12.1 Å². The fraction of sp³-hybridized carbons (Fsp3) is 0.103. The Morgan fingerprint density at radius 2 is 1.00 bits per heavy atom. The largest absolute Gasteiger partial charge is 0.297 e. The summed E-state index contributed by atoms with van der Waals surface area (Å²) in [5.74, 6) is -3.83. The van der Waals surface area contributed by atoms with E-state index >= 15 is 14.4 Å². The standard InChI is InChI=1S/C39H25ClN2O5/c40-29-22-21-28(42(46)47)23-30(29)41-35(43)33-34(36(41)44)39(27-19-11-4-12-20-27)32(25-15-7-2-8-16-25)31(24-13-5-1-6-14-24)38(33,37(39)45)26-17-9-3-10-18-26/h1-23,33-34H/t33-,34-,38-,39-/m0/s1. The number of fused-ring (bicyclic) bond motifs is 5. The van der Waals surface area contributed by atoms with Gasteiger partial charge in [0.25, 0.3) is 5.69 Å². The summed E-state index contributed by atoms with van der Waals surface area (Å²) >= 11 is 6.59. The number of carbonyl (C=O) groups is 3. The third kappa shape index (κ3) is 3.66. The molecule has 8 rings (SSSR count). The second-order valence-electron chi connectivity index (χ2n) is 12.0. The van der Waals surface area contributed by atoms with Gasteiger partial charge in [0.1, 0.15) is 0 Å². The number of carbonyl (C=O) groups excluding carboxylic acids is 3. The topological polar surface area (TPSA) is 97.6 Å². The molecule has 8 heteroatoms. The number of imide groups is 1. The molecule has 0 spiro atoms. The quantitative estimate of drug-likeness (QED) is 0.110. The summed E-state index contributed by atoms with van der Waals surface area (Å²) in [5, 5.41) is 11.8. The van der Waals surface area contributed by atoms with Crippen molar-refractivity contribution in [2.24, 2.45) is 11.8 Å². The molecule has 0 unspecified atom stereocenters. The first-order valence-corrected chi connectivity index (χ1v) is 15.6. The van der Waals surface area contributed by atoms with E-state index < -0.39 is 39.4 Å². The van der Waals surface area contributed by atoms with Gasteiger partial charge >= 0.3 is 0 Å². The minimum Gasteiger partial charge on any atom is -0.297 e. The molecule has 1 saturated carbocycles. The third-order valence-corrected chi connectivity index (χ3v) is 10.3. The second kappa shape index (κ2) is 10.4. The Hall–Kier alpha value is -5.66. The number of non-ortho nitro benzene ring substituents is 1. The molecule has 4 atom stereocenters. The molecule has 0 N–H and O–H groups in total. The van der Waals surface area contributed by atoms with Crippen LogP contribution in [0.5, 0.6) is 0 Å². The molecule has 7 nitrogen and oxygen atoms in total. The van der Waals surface area contributed by atoms with Crippen LogP contribution in [0.25, 0.3) is 11.1 Å². The minimum atomic E-state index is -1.58. The van der Waals surface area contributed by atoms with Crippen LogP contribution in [-0.2, 0) is 25.2 Å². The molecule has 5 aromatic carbocycles. The Balaban J connectivity index is 1.54. The number of benzene rings is 5. The molecule has 3 aliphatic rings. The number of anilines is 1. The lowest BCUT2D eigenvalue weighted by Crippen LogP contribution is -2.45. The van der Waals surface area contributed by atoms with Gasteiger partial charge in [0.05, 0.1) is 38.3 Å². The predicted molar refractivity (Wildman–Crippen MR) is 179 cm³/mol. The fourth-order valence-corrected chi connectivity index (χ4v) is 8.56. The van der Waals surface area contributed by atoms with E-state index in [0.717, 1.165) is 22.1 Å². The summed E-state index contributed by atoms with van der Waals surface area (Å²) in [6, 6.07) is 41.1. The Labute approximate surface area is 274 Å². The first-order chi connectivity index (χ1) is 22.8. The van der Waals surface area contributed by atoms with E-state index in [1.54, 1.807) is 0 Å². The van der Waals surface area contributed by atoms with Crippen LogP contribution in [0.1, 0.15) is 22.3 Å². The fourth-order valence-electron chi connectivity index (χ4n) is 8.36. The molecule has 0 radical (unpaired) electrons. The van der Waals surface area contributed by atoms with Crippen molar-refractivity contribution in [2.75, 3.05) is 4.90 Å². The van der Waals surface area contributed by atoms with Crippen molar-refractivity contribution in [1.82, 2.24) is 0 Å². The molecule has 1 aliphatic heterocycles. The highest BCUT2D eigenvalue weighted by Gasteiger charge is 2.82. The van der Waals surface area contributed by atoms with E-state index in [4.69, 9.17) is 11.6 Å². The molecular weight excluding hydrogens is 612 g/mol. The normalized spacial score (nSPS) is 24.6. The van der Waals surface area contributed by atoms with Gasteiger partial charge in [-0.25, -0.2) is 4.90 Å². The van der Waals surface area contributed by atoms with Gasteiger partial charge in [-0.3, -0.25) is 24.5 Å². The zero-order valence-corrected chi connectivity index (χ0v) is 25.5. The summed E-state index contributed by atoms with van der Waals surface area (Å²) in [5.41, 5.74) is 0.477. The van der Waals surface area contributed by atoms with Crippen LogP contribution < -0.4 is 4.90 Å². The second-order valence-corrected chi connectivity index (χ2v) is 12.4. The van der Waals surface area contributed by atoms with Crippen molar-refractivity contribution >= 4 is 51.7 Å². The maximum Gasteiger partial charge on any atom is 0.271 e. The van der Waals surface area contributed by atoms with Gasteiger partial charge in [0, 0.05) is 12.1 Å². The van der Waals surface area contributed by atoms with E-state index in [1.807, 2.05) is 121 Å². The SMILES string of the molecule is O=C1[C@@H]2[C@@H](C(=O)N1c1cc([N+](=O)[O-])ccc1Cl)[C@@]1(c3ccccc3)C(=O)[C@@]2(c2ccccc2)C(c2ccccc2)=C1c1ccccc1. The van der Waals surface area contributed by atoms with Gasteiger partial charge < -0.3 is 0 Å². The van der Waals surface area contributed by atoms with Gasteiger partial charge in [-0.2, -0.15) is 0 Å². The lowest BCUT2D eigenvalue weighted by molar-refractivity contribution is -0.384. The van der Waals surface area contributed by atoms with Crippen molar-refractivity contribution in [3.63, 3.8) is 0 Å². The molecule has 2 aliphatic carbocycles. The van der Waals surface area contributed by atoms with Gasteiger partial charge in [-0.05, 0) is 39.5 Å². The van der Waals surface area contributed by atoms with Crippen LogP contribution in [-0.4, -0.2) is 22.5 Å². The smallest absolute Gasteiger partial charge is 0.271 e. The van der Waals surface area contributed by atoms with Crippen LogP contribution >= 0.6 is 11.6 Å². The summed E-state index contributed by atoms with van der Waals surface area (Å²) < 4.78 is 0. The Morgan fingerprint density at radius 1 is 0.596 bits per heavy atom. The molecule has 1 saturated heterocycles. The molecule has 0 aromatic heterocycles. The van der Waals surface area contributed by atoms with Crippen molar-refractivity contribution in [3.8, 4) is 0 Å². The summed E-state index contributed by atoms with van der Waals surface area (Å²) in [7, 11) is 0. The summed E-state index contributed by atoms with van der Waals surface area (Å²) in [4.78, 5) is 58.1. The van der Waals surface area contributed by atoms with Crippen LogP contribution in [0.3, 0.4) is 0 Å². The van der Waals surface area contributed by atoms with Crippen molar-refractivity contribution in [2.45, 2.75) is 10.8 Å². The maximum atomic E-state index is 15.9. The molecule has 2 amide bonds. The lowest BCUT2D eigenvalue weighted by Gasteiger charge is -2.39. The van der Waals surface area contributed by atoms with Gasteiger partial charge in [-0.15, -0.1) is 0 Å². The first-order valence-electron chi connectivity index (χ1n) is 15.2. The van der Waals surface area contributed by atoms with E-state index in [9.17, 15) is 10.1 Å². The molecule has 2 bridgehead atoms. The van der Waals surface area contributed by atoms with E-state index in [-0.39, 0.29) is 22.2 Å². The Bertz CT molecular complexity index is 2030. The molecule has 5 aromatic rings. The number of halogens is 1. The number of nitro benzene ring substituents is 1. The molecule has 228 valence electrons. The third-order valence-electron chi connectivity index (χ3n) is 9.96. The first kappa shape index (κ1) is 28.8. The number of nitro groups is 1. The van der Waals surface area contributed by atoms with Gasteiger partial charge in [-0.1, -0.05) is 133 Å². The number of hydrogen-bond acceptors (Lipinski definition) is 5. The lowest BCUT2D eigenvalue weighted by atomic mass is 9.59. The minimum absolute atomic E-state index is 0.0120. The number of Topliss-reactive ketones (excluding diaryl/α,β-unsaturated/α-hetero) is 1.